The minimum Gasteiger partial charge on any atom is -0.481 e. The first-order valence-electron chi connectivity index (χ1n) is 7.03. The summed E-state index contributed by atoms with van der Waals surface area (Å²) in [5.74, 6) is -1.03. The highest BCUT2D eigenvalue weighted by Gasteiger charge is 2.16. The summed E-state index contributed by atoms with van der Waals surface area (Å²) in [4.78, 5) is 23.2. The van der Waals surface area contributed by atoms with E-state index in [1.54, 1.807) is 42.1 Å². The van der Waals surface area contributed by atoms with Crippen LogP contribution < -0.4 is 5.32 Å². The van der Waals surface area contributed by atoms with E-state index in [9.17, 15) is 9.59 Å². The van der Waals surface area contributed by atoms with E-state index in [-0.39, 0.29) is 18.2 Å². The second-order valence-electron chi connectivity index (χ2n) is 5.41. The molecule has 0 atom stereocenters. The van der Waals surface area contributed by atoms with Crippen molar-refractivity contribution in [3.05, 3.63) is 47.3 Å². The lowest BCUT2D eigenvalue weighted by Gasteiger charge is -2.08. The van der Waals surface area contributed by atoms with Crippen molar-refractivity contribution in [3.8, 4) is 0 Å². The average molecular weight is 301 g/mol. The van der Waals surface area contributed by atoms with E-state index < -0.39 is 5.97 Å². The van der Waals surface area contributed by atoms with E-state index in [0.29, 0.717) is 16.9 Å². The number of hydrogen-bond acceptors (Lipinski definition) is 3. The molecule has 0 bridgehead atoms. The Morgan fingerprint density at radius 1 is 1.32 bits per heavy atom. The molecule has 116 valence electrons. The average Bonchev–Trinajstić information content (AvgIpc) is 2.83. The third-order valence-corrected chi connectivity index (χ3v) is 3.35. The van der Waals surface area contributed by atoms with Gasteiger partial charge in [-0.25, -0.2) is 0 Å². The van der Waals surface area contributed by atoms with Crippen molar-refractivity contribution >= 4 is 17.6 Å². The van der Waals surface area contributed by atoms with Crippen molar-refractivity contribution < 1.29 is 14.7 Å². The third-order valence-electron chi connectivity index (χ3n) is 3.35. The molecule has 6 nitrogen and oxygen atoms in total. The number of anilines is 1. The molecule has 0 aliphatic carbocycles. The van der Waals surface area contributed by atoms with Gasteiger partial charge in [0, 0.05) is 18.4 Å². The number of benzene rings is 1. The molecular weight excluding hydrogens is 282 g/mol. The van der Waals surface area contributed by atoms with Crippen molar-refractivity contribution in [1.29, 1.82) is 0 Å². The SMILES string of the molecule is CC(C)c1cc(C(=O)Nc2ccccc2CC(=O)O)nn1C. The molecule has 1 amide bonds. The smallest absolute Gasteiger partial charge is 0.307 e. The Morgan fingerprint density at radius 3 is 2.59 bits per heavy atom. The van der Waals surface area contributed by atoms with Crippen molar-refractivity contribution in [2.45, 2.75) is 26.2 Å². The zero-order valence-corrected chi connectivity index (χ0v) is 12.8. The van der Waals surface area contributed by atoms with Gasteiger partial charge in [0.1, 0.15) is 0 Å². The van der Waals surface area contributed by atoms with Gasteiger partial charge < -0.3 is 10.4 Å². The fraction of sp³-hybridized carbons (Fsp3) is 0.312. The first kappa shape index (κ1) is 15.8. The normalized spacial score (nSPS) is 10.7. The second-order valence-corrected chi connectivity index (χ2v) is 5.41. The maximum absolute atomic E-state index is 12.3. The van der Waals surface area contributed by atoms with Gasteiger partial charge in [-0.3, -0.25) is 14.3 Å². The summed E-state index contributed by atoms with van der Waals surface area (Å²) in [5, 5.41) is 15.9. The molecule has 2 N–H and O–H groups in total. The Balaban J connectivity index is 2.22. The van der Waals surface area contributed by atoms with Crippen LogP contribution in [0.15, 0.2) is 30.3 Å². The van der Waals surface area contributed by atoms with Crippen LogP contribution >= 0.6 is 0 Å². The maximum Gasteiger partial charge on any atom is 0.307 e. The van der Waals surface area contributed by atoms with Gasteiger partial charge in [-0.15, -0.1) is 0 Å². The number of nitrogens with one attached hydrogen (secondary N) is 1. The Morgan fingerprint density at radius 2 is 2.00 bits per heavy atom. The molecule has 1 aromatic heterocycles. The molecule has 0 saturated carbocycles. The molecule has 0 aliphatic heterocycles. The van der Waals surface area contributed by atoms with Gasteiger partial charge in [-0.2, -0.15) is 5.10 Å². The highest BCUT2D eigenvalue weighted by molar-refractivity contribution is 6.03. The molecular formula is C16H19N3O3. The van der Waals surface area contributed by atoms with Crippen molar-refractivity contribution in [3.63, 3.8) is 0 Å². The summed E-state index contributed by atoms with van der Waals surface area (Å²) < 4.78 is 1.68. The molecule has 0 aliphatic rings. The molecule has 6 heteroatoms. The van der Waals surface area contributed by atoms with Gasteiger partial charge in [0.2, 0.25) is 0 Å². The van der Waals surface area contributed by atoms with Crippen LogP contribution in [0.25, 0.3) is 0 Å². The Bertz CT molecular complexity index is 704. The minimum atomic E-state index is -0.943. The fourth-order valence-electron chi connectivity index (χ4n) is 2.28. The Kier molecular flexibility index (Phi) is 4.60. The van der Waals surface area contributed by atoms with E-state index in [1.165, 1.54) is 0 Å². The molecule has 0 radical (unpaired) electrons. The number of aryl methyl sites for hydroxylation is 1. The molecule has 0 spiro atoms. The van der Waals surface area contributed by atoms with E-state index in [2.05, 4.69) is 10.4 Å². The highest BCUT2D eigenvalue weighted by Crippen LogP contribution is 2.19. The van der Waals surface area contributed by atoms with E-state index in [4.69, 9.17) is 5.11 Å². The number of aliphatic carboxylic acids is 1. The van der Waals surface area contributed by atoms with Crippen molar-refractivity contribution in [1.82, 2.24) is 9.78 Å². The summed E-state index contributed by atoms with van der Waals surface area (Å²) in [7, 11) is 1.80. The first-order chi connectivity index (χ1) is 10.4. The monoisotopic (exact) mass is 301 g/mol. The molecule has 0 fully saturated rings. The van der Waals surface area contributed by atoms with Crippen LogP contribution in [0.5, 0.6) is 0 Å². The fourth-order valence-corrected chi connectivity index (χ4v) is 2.28. The summed E-state index contributed by atoms with van der Waals surface area (Å²) in [6.45, 7) is 4.06. The number of carbonyl (C=O) groups is 2. The summed E-state index contributed by atoms with van der Waals surface area (Å²) in [6.07, 6.45) is -0.143. The van der Waals surface area contributed by atoms with Crippen molar-refractivity contribution in [2.75, 3.05) is 5.32 Å². The zero-order chi connectivity index (χ0) is 16.3. The number of hydrogen-bond donors (Lipinski definition) is 2. The largest absolute Gasteiger partial charge is 0.481 e. The van der Waals surface area contributed by atoms with Crippen LogP contribution in [-0.2, 0) is 18.3 Å². The number of aromatic nitrogens is 2. The van der Waals surface area contributed by atoms with Gasteiger partial charge in [-0.05, 0) is 23.6 Å². The molecule has 22 heavy (non-hydrogen) atoms. The molecule has 2 rings (SSSR count). The van der Waals surface area contributed by atoms with Gasteiger partial charge in [0.25, 0.3) is 5.91 Å². The quantitative estimate of drug-likeness (QED) is 0.888. The number of amides is 1. The van der Waals surface area contributed by atoms with Gasteiger partial charge in [0.05, 0.1) is 6.42 Å². The first-order valence-corrected chi connectivity index (χ1v) is 7.03. The zero-order valence-electron chi connectivity index (χ0n) is 12.8. The number of carboxylic acids is 1. The predicted octanol–water partition coefficient (Wildman–Crippen LogP) is 2.42. The second kappa shape index (κ2) is 6.43. The summed E-state index contributed by atoms with van der Waals surface area (Å²) >= 11 is 0. The van der Waals surface area contributed by atoms with Crippen LogP contribution in [0.1, 0.15) is 41.5 Å². The molecule has 1 heterocycles. The number of nitrogens with zero attached hydrogens (tertiary/aromatic N) is 2. The summed E-state index contributed by atoms with van der Waals surface area (Å²) in [6, 6.07) is 8.61. The molecule has 0 unspecified atom stereocenters. The molecule has 2 aromatic rings. The number of rotatable bonds is 5. The Hall–Kier alpha value is -2.63. The Labute approximate surface area is 128 Å². The number of para-hydroxylation sites is 1. The van der Waals surface area contributed by atoms with Crippen LogP contribution in [-0.4, -0.2) is 26.8 Å². The third kappa shape index (κ3) is 3.52. The highest BCUT2D eigenvalue weighted by atomic mass is 16.4. The van der Waals surface area contributed by atoms with E-state index in [0.717, 1.165) is 5.69 Å². The maximum atomic E-state index is 12.3. The minimum absolute atomic E-state index is 0.143. The molecule has 1 aromatic carbocycles. The molecule has 0 saturated heterocycles. The lowest BCUT2D eigenvalue weighted by molar-refractivity contribution is -0.136. The summed E-state index contributed by atoms with van der Waals surface area (Å²) in [5.41, 5.74) is 2.33. The standard InChI is InChI=1S/C16H19N3O3/c1-10(2)14-9-13(18-19(14)3)16(22)17-12-7-5-4-6-11(12)8-15(20)21/h4-7,9-10H,8H2,1-3H3,(H,17,22)(H,20,21). The van der Waals surface area contributed by atoms with Crippen LogP contribution in [0.3, 0.4) is 0 Å². The lowest BCUT2D eigenvalue weighted by Crippen LogP contribution is -2.15. The lowest BCUT2D eigenvalue weighted by atomic mass is 10.1. The van der Waals surface area contributed by atoms with Gasteiger partial charge in [-0.1, -0.05) is 32.0 Å². The van der Waals surface area contributed by atoms with Crippen molar-refractivity contribution in [2.24, 2.45) is 7.05 Å². The number of carbonyl (C=O) groups excluding carboxylic acids is 1. The van der Waals surface area contributed by atoms with E-state index in [1.807, 2.05) is 13.8 Å². The van der Waals surface area contributed by atoms with Gasteiger partial charge in [0.15, 0.2) is 5.69 Å². The topological polar surface area (TPSA) is 84.2 Å². The van der Waals surface area contributed by atoms with Crippen LogP contribution in [0.2, 0.25) is 0 Å². The van der Waals surface area contributed by atoms with Crippen LogP contribution in [0, 0.1) is 0 Å². The van der Waals surface area contributed by atoms with Gasteiger partial charge >= 0.3 is 5.97 Å². The number of carboxylic acid groups (broad SMARTS) is 1. The van der Waals surface area contributed by atoms with E-state index >= 15 is 0 Å². The van der Waals surface area contributed by atoms with Crippen LogP contribution in [0.4, 0.5) is 5.69 Å². The predicted molar refractivity (Wildman–Crippen MR) is 83.0 cm³/mol.